The monoisotopic (exact) mass is 439 g/mol. The van der Waals surface area contributed by atoms with Crippen LogP contribution in [0.5, 0.6) is 0 Å². The quantitative estimate of drug-likeness (QED) is 0.659. The lowest BCUT2D eigenvalue weighted by atomic mass is 9.97. The van der Waals surface area contributed by atoms with Gasteiger partial charge in [0.2, 0.25) is 5.91 Å². The summed E-state index contributed by atoms with van der Waals surface area (Å²) in [6.45, 7) is 5.72. The summed E-state index contributed by atoms with van der Waals surface area (Å²) in [7, 11) is 0. The summed E-state index contributed by atoms with van der Waals surface area (Å²) in [5.74, 6) is 0.422. The Bertz CT molecular complexity index is 1140. The van der Waals surface area contributed by atoms with Crippen molar-refractivity contribution in [1.29, 1.82) is 0 Å². The van der Waals surface area contributed by atoms with E-state index in [4.69, 9.17) is 11.6 Å². The number of anilines is 1. The SMILES string of the molecule is Cc1cccc(NC(=O)C2CCCN(Cn3cc(C)n(-c4ccc(Cl)cc4)c3=O)C2)n1. The van der Waals surface area contributed by atoms with E-state index in [1.54, 1.807) is 27.3 Å². The molecule has 31 heavy (non-hydrogen) atoms. The Morgan fingerprint density at radius 2 is 1.97 bits per heavy atom. The summed E-state index contributed by atoms with van der Waals surface area (Å²) in [6.07, 6.45) is 3.59. The zero-order valence-electron chi connectivity index (χ0n) is 17.7. The van der Waals surface area contributed by atoms with Crippen LogP contribution in [0.15, 0.2) is 53.5 Å². The van der Waals surface area contributed by atoms with Crippen molar-refractivity contribution in [2.24, 2.45) is 5.92 Å². The molecular weight excluding hydrogens is 414 g/mol. The second-order valence-corrected chi connectivity index (χ2v) is 8.48. The highest BCUT2D eigenvalue weighted by Crippen LogP contribution is 2.19. The predicted octanol–water partition coefficient (Wildman–Crippen LogP) is 3.61. The summed E-state index contributed by atoms with van der Waals surface area (Å²) in [5.41, 5.74) is 2.40. The first kappa shape index (κ1) is 21.3. The van der Waals surface area contributed by atoms with Crippen LogP contribution in [0.2, 0.25) is 5.02 Å². The van der Waals surface area contributed by atoms with E-state index in [0.29, 0.717) is 24.1 Å². The highest BCUT2D eigenvalue weighted by molar-refractivity contribution is 6.30. The minimum absolute atomic E-state index is 0.0231. The number of piperidine rings is 1. The number of halogens is 1. The van der Waals surface area contributed by atoms with Crippen molar-refractivity contribution in [3.05, 3.63) is 75.6 Å². The fourth-order valence-corrected chi connectivity index (χ4v) is 4.20. The normalized spacial score (nSPS) is 16.9. The number of carbonyl (C=O) groups excluding carboxylic acids is 1. The summed E-state index contributed by atoms with van der Waals surface area (Å²) in [4.78, 5) is 32.3. The number of likely N-dealkylation sites (tertiary alicyclic amines) is 1. The maximum absolute atomic E-state index is 13.0. The first-order valence-corrected chi connectivity index (χ1v) is 10.8. The van der Waals surface area contributed by atoms with E-state index < -0.39 is 0 Å². The molecule has 1 aliphatic heterocycles. The number of imidazole rings is 1. The third kappa shape index (κ3) is 4.89. The van der Waals surface area contributed by atoms with Crippen LogP contribution in [-0.4, -0.2) is 38.0 Å². The van der Waals surface area contributed by atoms with Gasteiger partial charge in [0.15, 0.2) is 0 Å². The molecule has 0 aliphatic carbocycles. The van der Waals surface area contributed by atoms with Gasteiger partial charge >= 0.3 is 5.69 Å². The van der Waals surface area contributed by atoms with Crippen LogP contribution in [0.25, 0.3) is 5.69 Å². The van der Waals surface area contributed by atoms with Crippen molar-refractivity contribution in [2.75, 3.05) is 18.4 Å². The molecule has 162 valence electrons. The van der Waals surface area contributed by atoms with Gasteiger partial charge < -0.3 is 5.32 Å². The molecule has 1 saturated heterocycles. The Hall–Kier alpha value is -2.90. The minimum atomic E-state index is -0.133. The Balaban J connectivity index is 1.45. The number of hydrogen-bond acceptors (Lipinski definition) is 4. The number of nitrogens with zero attached hydrogens (tertiary/aromatic N) is 4. The van der Waals surface area contributed by atoms with Crippen LogP contribution in [0, 0.1) is 19.8 Å². The summed E-state index contributed by atoms with van der Waals surface area (Å²) in [6, 6.07) is 12.8. The first-order valence-electron chi connectivity index (χ1n) is 10.4. The van der Waals surface area contributed by atoms with Crippen LogP contribution < -0.4 is 11.0 Å². The molecule has 1 unspecified atom stereocenters. The fourth-order valence-electron chi connectivity index (χ4n) is 4.08. The Morgan fingerprint density at radius 1 is 1.19 bits per heavy atom. The van der Waals surface area contributed by atoms with Gasteiger partial charge in [-0.3, -0.25) is 18.8 Å². The van der Waals surface area contributed by atoms with Crippen LogP contribution >= 0.6 is 11.6 Å². The second kappa shape index (κ2) is 9.08. The van der Waals surface area contributed by atoms with E-state index in [9.17, 15) is 9.59 Å². The van der Waals surface area contributed by atoms with Crippen LogP contribution in [-0.2, 0) is 11.5 Å². The van der Waals surface area contributed by atoms with Crippen LogP contribution in [0.1, 0.15) is 24.2 Å². The number of benzene rings is 1. The topological polar surface area (TPSA) is 72.2 Å². The number of aryl methyl sites for hydroxylation is 2. The van der Waals surface area contributed by atoms with Gasteiger partial charge in [-0.2, -0.15) is 0 Å². The zero-order valence-corrected chi connectivity index (χ0v) is 18.5. The third-order valence-corrected chi connectivity index (χ3v) is 5.84. The summed E-state index contributed by atoms with van der Waals surface area (Å²) < 4.78 is 3.38. The molecule has 8 heteroatoms. The van der Waals surface area contributed by atoms with E-state index in [1.807, 2.05) is 44.3 Å². The fraction of sp³-hybridized carbons (Fsp3) is 0.348. The Morgan fingerprint density at radius 3 is 2.71 bits per heavy atom. The largest absolute Gasteiger partial charge is 0.334 e. The predicted molar refractivity (Wildman–Crippen MR) is 122 cm³/mol. The molecule has 1 aliphatic rings. The summed E-state index contributed by atoms with van der Waals surface area (Å²) >= 11 is 5.97. The van der Waals surface area contributed by atoms with Gasteiger partial charge in [0.05, 0.1) is 18.3 Å². The smallest absolute Gasteiger partial charge is 0.310 e. The lowest BCUT2D eigenvalue weighted by Gasteiger charge is -2.31. The zero-order chi connectivity index (χ0) is 22.0. The van der Waals surface area contributed by atoms with E-state index in [0.717, 1.165) is 36.5 Å². The van der Waals surface area contributed by atoms with Crippen molar-refractivity contribution in [3.63, 3.8) is 0 Å². The van der Waals surface area contributed by atoms with Gasteiger partial charge in [0.1, 0.15) is 5.82 Å². The molecule has 0 saturated carbocycles. The molecule has 0 spiro atoms. The Labute approximate surface area is 186 Å². The lowest BCUT2D eigenvalue weighted by molar-refractivity contribution is -0.121. The number of hydrogen-bond donors (Lipinski definition) is 1. The van der Waals surface area contributed by atoms with Gasteiger partial charge in [0, 0.05) is 29.2 Å². The maximum atomic E-state index is 13.0. The molecule has 3 heterocycles. The molecular formula is C23H26ClN5O2. The average molecular weight is 440 g/mol. The van der Waals surface area contributed by atoms with E-state index in [1.165, 1.54) is 0 Å². The van der Waals surface area contributed by atoms with Crippen LogP contribution in [0.3, 0.4) is 0 Å². The van der Waals surface area contributed by atoms with Crippen molar-refractivity contribution in [2.45, 2.75) is 33.4 Å². The highest BCUT2D eigenvalue weighted by atomic mass is 35.5. The molecule has 2 aromatic heterocycles. The highest BCUT2D eigenvalue weighted by Gasteiger charge is 2.26. The number of rotatable bonds is 5. The number of nitrogens with one attached hydrogen (secondary N) is 1. The second-order valence-electron chi connectivity index (χ2n) is 8.05. The van der Waals surface area contributed by atoms with Gasteiger partial charge in [-0.05, 0) is 69.6 Å². The molecule has 7 nitrogen and oxygen atoms in total. The average Bonchev–Trinajstić information content (AvgIpc) is 3.02. The molecule has 0 radical (unpaired) electrons. The molecule has 3 aromatic rings. The van der Waals surface area contributed by atoms with Crippen molar-refractivity contribution in [3.8, 4) is 5.69 Å². The van der Waals surface area contributed by atoms with E-state index in [-0.39, 0.29) is 17.5 Å². The molecule has 4 rings (SSSR count). The maximum Gasteiger partial charge on any atom is 0.334 e. The number of pyridine rings is 1. The lowest BCUT2D eigenvalue weighted by Crippen LogP contribution is -2.43. The van der Waals surface area contributed by atoms with Gasteiger partial charge in [-0.15, -0.1) is 0 Å². The first-order chi connectivity index (χ1) is 14.9. The standard InChI is InChI=1S/C23H26ClN5O2/c1-16-5-3-7-21(25-16)26-22(30)18-6-4-12-27(14-18)15-28-13-17(2)29(23(28)31)20-10-8-19(24)9-11-20/h3,5,7-11,13,18H,4,6,12,14-15H2,1-2H3,(H,25,26,30). The molecule has 1 atom stereocenters. The Kier molecular flexibility index (Phi) is 6.25. The van der Waals surface area contributed by atoms with Crippen molar-refractivity contribution in [1.82, 2.24) is 19.0 Å². The van der Waals surface area contributed by atoms with E-state index >= 15 is 0 Å². The van der Waals surface area contributed by atoms with Crippen molar-refractivity contribution < 1.29 is 4.79 Å². The number of carbonyl (C=O) groups is 1. The number of amides is 1. The van der Waals surface area contributed by atoms with Gasteiger partial charge in [0.25, 0.3) is 0 Å². The van der Waals surface area contributed by atoms with E-state index in [2.05, 4.69) is 15.2 Å². The minimum Gasteiger partial charge on any atom is -0.310 e. The van der Waals surface area contributed by atoms with Gasteiger partial charge in [-0.1, -0.05) is 17.7 Å². The molecule has 1 aromatic carbocycles. The summed E-state index contributed by atoms with van der Waals surface area (Å²) in [5, 5.41) is 3.56. The molecule has 0 bridgehead atoms. The molecule has 1 N–H and O–H groups in total. The number of aromatic nitrogens is 3. The van der Waals surface area contributed by atoms with Crippen molar-refractivity contribution >= 4 is 23.3 Å². The third-order valence-electron chi connectivity index (χ3n) is 5.59. The van der Waals surface area contributed by atoms with Crippen LogP contribution in [0.4, 0.5) is 5.82 Å². The van der Waals surface area contributed by atoms with Gasteiger partial charge in [-0.25, -0.2) is 9.78 Å². The molecule has 1 fully saturated rings. The molecule has 1 amide bonds.